The van der Waals surface area contributed by atoms with Gasteiger partial charge in [0.05, 0.1) is 12.7 Å². The van der Waals surface area contributed by atoms with Crippen molar-refractivity contribution < 1.29 is 19.4 Å². The van der Waals surface area contributed by atoms with Crippen LogP contribution in [0.2, 0.25) is 0 Å². The van der Waals surface area contributed by atoms with Crippen molar-refractivity contribution in [1.29, 1.82) is 5.26 Å². The maximum atomic E-state index is 12.1. The molecule has 1 atom stereocenters. The molecule has 2 aromatic rings. The Bertz CT molecular complexity index is 734. The minimum atomic E-state index is -1.01. The number of phenols is 1. The van der Waals surface area contributed by atoms with Crippen molar-refractivity contribution in [3.8, 4) is 17.6 Å². The Balaban J connectivity index is 2.45. The molecule has 1 unspecified atom stereocenters. The van der Waals surface area contributed by atoms with Crippen LogP contribution >= 0.6 is 0 Å². The molecule has 0 fully saturated rings. The normalized spacial score (nSPS) is 11.3. The Morgan fingerprint density at radius 2 is 2.00 bits per heavy atom. The zero-order valence-corrected chi connectivity index (χ0v) is 12.2. The van der Waals surface area contributed by atoms with E-state index in [-0.39, 0.29) is 17.1 Å². The first-order valence-corrected chi connectivity index (χ1v) is 6.60. The molecule has 0 saturated carbocycles. The van der Waals surface area contributed by atoms with Gasteiger partial charge in [-0.05, 0) is 24.6 Å². The van der Waals surface area contributed by atoms with E-state index in [0.29, 0.717) is 5.56 Å². The van der Waals surface area contributed by atoms with Gasteiger partial charge in [0.25, 0.3) is 0 Å². The molecule has 0 bridgehead atoms. The van der Waals surface area contributed by atoms with Crippen molar-refractivity contribution in [2.75, 3.05) is 7.11 Å². The molecule has 5 heteroatoms. The van der Waals surface area contributed by atoms with E-state index in [1.54, 1.807) is 12.1 Å². The number of benzene rings is 2. The number of methoxy groups -OCH3 is 1. The highest BCUT2D eigenvalue weighted by atomic mass is 16.6. The summed E-state index contributed by atoms with van der Waals surface area (Å²) in [5, 5.41) is 18.7. The van der Waals surface area contributed by atoms with Crippen LogP contribution in [-0.4, -0.2) is 18.2 Å². The zero-order valence-electron chi connectivity index (χ0n) is 12.2. The maximum absolute atomic E-state index is 12.1. The van der Waals surface area contributed by atoms with Crippen molar-refractivity contribution in [3.63, 3.8) is 0 Å². The molecule has 1 N–H and O–H groups in total. The fraction of sp³-hybridized carbons (Fsp3) is 0.176. The average molecular weight is 297 g/mol. The van der Waals surface area contributed by atoms with Crippen LogP contribution in [0.3, 0.4) is 0 Å². The highest BCUT2D eigenvalue weighted by Gasteiger charge is 2.26. The molecule has 0 aliphatic carbocycles. The lowest BCUT2D eigenvalue weighted by Crippen LogP contribution is -2.21. The van der Waals surface area contributed by atoms with Crippen LogP contribution in [0.5, 0.6) is 11.5 Å². The number of aromatic hydroxyl groups is 1. The van der Waals surface area contributed by atoms with Crippen LogP contribution in [0.25, 0.3) is 0 Å². The maximum Gasteiger partial charge on any atom is 0.351 e. The Labute approximate surface area is 128 Å². The van der Waals surface area contributed by atoms with Crippen LogP contribution in [0.1, 0.15) is 22.8 Å². The second-order valence-electron chi connectivity index (χ2n) is 4.67. The molecule has 0 spiro atoms. The Hall–Kier alpha value is -3.00. The topological polar surface area (TPSA) is 79.6 Å². The van der Waals surface area contributed by atoms with E-state index in [2.05, 4.69) is 0 Å². The van der Waals surface area contributed by atoms with E-state index in [4.69, 9.17) is 14.7 Å². The average Bonchev–Trinajstić information content (AvgIpc) is 2.53. The van der Waals surface area contributed by atoms with Gasteiger partial charge in [-0.25, -0.2) is 4.79 Å². The molecule has 0 heterocycles. The fourth-order valence-corrected chi connectivity index (χ4v) is 2.05. The molecule has 0 aliphatic rings. The number of esters is 1. The quantitative estimate of drug-likeness (QED) is 0.878. The van der Waals surface area contributed by atoms with Crippen molar-refractivity contribution in [2.24, 2.45) is 0 Å². The van der Waals surface area contributed by atoms with Crippen LogP contribution in [0.4, 0.5) is 0 Å². The van der Waals surface area contributed by atoms with Crippen LogP contribution in [0.15, 0.2) is 42.5 Å². The summed E-state index contributed by atoms with van der Waals surface area (Å²) >= 11 is 0. The van der Waals surface area contributed by atoms with Crippen LogP contribution in [-0.2, 0) is 9.53 Å². The van der Waals surface area contributed by atoms with Gasteiger partial charge in [0.2, 0.25) is 6.10 Å². The summed E-state index contributed by atoms with van der Waals surface area (Å²) in [6.07, 6.45) is -1.01. The molecule has 112 valence electrons. The summed E-state index contributed by atoms with van der Waals surface area (Å²) in [5.74, 6) is -0.509. The number of aryl methyl sites for hydroxylation is 1. The van der Waals surface area contributed by atoms with Crippen molar-refractivity contribution in [3.05, 3.63) is 59.2 Å². The molecule has 0 amide bonds. The molecule has 0 saturated heterocycles. The number of carbonyl (C=O) groups is 1. The Morgan fingerprint density at radius 1 is 1.27 bits per heavy atom. The molecule has 0 aliphatic heterocycles. The van der Waals surface area contributed by atoms with Gasteiger partial charge in [-0.15, -0.1) is 0 Å². The van der Waals surface area contributed by atoms with Crippen molar-refractivity contribution >= 4 is 5.97 Å². The summed E-state index contributed by atoms with van der Waals surface area (Å²) in [4.78, 5) is 12.1. The summed E-state index contributed by atoms with van der Waals surface area (Å²) in [6, 6.07) is 13.3. The number of hydrogen-bond donors (Lipinski definition) is 1. The third kappa shape index (κ3) is 3.18. The van der Waals surface area contributed by atoms with Gasteiger partial charge in [-0.2, -0.15) is 5.26 Å². The third-order valence-electron chi connectivity index (χ3n) is 3.22. The minimum Gasteiger partial charge on any atom is -0.508 e. The predicted octanol–water partition coefficient (Wildman–Crippen LogP) is 2.87. The van der Waals surface area contributed by atoms with Crippen LogP contribution < -0.4 is 4.74 Å². The van der Waals surface area contributed by atoms with E-state index in [1.165, 1.54) is 25.3 Å². The molecule has 2 rings (SSSR count). The number of nitriles is 1. The summed E-state index contributed by atoms with van der Waals surface area (Å²) in [6.45, 7) is 1.85. The second kappa shape index (κ2) is 6.64. The summed E-state index contributed by atoms with van der Waals surface area (Å²) in [5.41, 5.74) is 1.72. The second-order valence-corrected chi connectivity index (χ2v) is 4.67. The van der Waals surface area contributed by atoms with E-state index in [9.17, 15) is 9.90 Å². The summed E-state index contributed by atoms with van der Waals surface area (Å²) in [7, 11) is 1.27. The van der Waals surface area contributed by atoms with Crippen molar-refractivity contribution in [2.45, 2.75) is 13.0 Å². The lowest BCUT2D eigenvalue weighted by Gasteiger charge is -2.19. The van der Waals surface area contributed by atoms with Gasteiger partial charge in [0.1, 0.15) is 17.6 Å². The molecule has 0 radical (unpaired) electrons. The highest BCUT2D eigenvalue weighted by Crippen LogP contribution is 2.30. The highest BCUT2D eigenvalue weighted by molar-refractivity contribution is 5.77. The fourth-order valence-electron chi connectivity index (χ4n) is 2.05. The van der Waals surface area contributed by atoms with E-state index in [1.807, 2.05) is 25.1 Å². The van der Waals surface area contributed by atoms with Crippen molar-refractivity contribution in [1.82, 2.24) is 0 Å². The smallest absolute Gasteiger partial charge is 0.351 e. The number of phenolic OH excluding ortho intramolecular Hbond substituents is 1. The number of hydrogen-bond acceptors (Lipinski definition) is 5. The molecule has 22 heavy (non-hydrogen) atoms. The monoisotopic (exact) mass is 297 g/mol. The van der Waals surface area contributed by atoms with Gasteiger partial charge in [0, 0.05) is 11.6 Å². The molecule has 0 aromatic heterocycles. The Kier molecular flexibility index (Phi) is 4.64. The largest absolute Gasteiger partial charge is 0.508 e. The SMILES string of the molecule is COC(=O)C(Oc1cc(O)ccc1C#N)c1ccccc1C. The lowest BCUT2D eigenvalue weighted by atomic mass is 10.0. The molecule has 2 aromatic carbocycles. The molecular formula is C17H15NO4. The number of carbonyl (C=O) groups excluding carboxylic acids is 1. The molecular weight excluding hydrogens is 282 g/mol. The van der Waals surface area contributed by atoms with Gasteiger partial charge in [0.15, 0.2) is 0 Å². The van der Waals surface area contributed by atoms with Gasteiger partial charge < -0.3 is 14.6 Å². The van der Waals surface area contributed by atoms with Gasteiger partial charge >= 0.3 is 5.97 Å². The van der Waals surface area contributed by atoms with Gasteiger partial charge in [-0.1, -0.05) is 24.3 Å². The number of ether oxygens (including phenoxy) is 2. The van der Waals surface area contributed by atoms with E-state index in [0.717, 1.165) is 5.56 Å². The standard InChI is InChI=1S/C17H15NO4/c1-11-5-3-4-6-14(11)16(17(20)21-2)22-15-9-13(19)8-7-12(15)10-18/h3-9,16,19H,1-2H3. The Morgan fingerprint density at radius 3 is 2.64 bits per heavy atom. The first-order valence-electron chi connectivity index (χ1n) is 6.60. The number of rotatable bonds is 4. The van der Waals surface area contributed by atoms with Gasteiger partial charge in [-0.3, -0.25) is 0 Å². The summed E-state index contributed by atoms with van der Waals surface area (Å²) < 4.78 is 10.5. The zero-order chi connectivity index (χ0) is 16.1. The van der Waals surface area contributed by atoms with Crippen LogP contribution in [0, 0.1) is 18.3 Å². The van der Waals surface area contributed by atoms with E-state index >= 15 is 0 Å². The first-order chi connectivity index (χ1) is 10.6. The first kappa shape index (κ1) is 15.4. The molecule has 5 nitrogen and oxygen atoms in total. The predicted molar refractivity (Wildman–Crippen MR) is 79.4 cm³/mol. The third-order valence-corrected chi connectivity index (χ3v) is 3.22. The van der Waals surface area contributed by atoms with E-state index < -0.39 is 12.1 Å². The number of nitrogens with zero attached hydrogens (tertiary/aromatic N) is 1. The lowest BCUT2D eigenvalue weighted by molar-refractivity contribution is -0.149. The minimum absolute atomic E-state index is 0.0533.